The van der Waals surface area contributed by atoms with E-state index in [1.807, 2.05) is 4.90 Å². The highest BCUT2D eigenvalue weighted by atomic mass is 19.4. The standard InChI is InChI=1S/C24H23F5N8O2/c25-17(26)13-36-20-16(10-32-36)31-11-19(33-20)34-7-4-23(5-8-34)21(38)37(22(39)35(23)12-14-1-2-14)18-9-15(3-6-30-18)24(27,28)29/h3,6,9-11,14,17H,1-2,4-5,7-8,12-13H2. The molecule has 1 saturated carbocycles. The van der Waals surface area contributed by atoms with E-state index in [0.717, 1.165) is 34.7 Å². The maximum Gasteiger partial charge on any atom is 0.416 e. The first-order valence-corrected chi connectivity index (χ1v) is 12.5. The number of carbonyl (C=O) groups is 2. The third kappa shape index (κ3) is 4.42. The molecule has 0 unspecified atom stereocenters. The lowest BCUT2D eigenvalue weighted by Crippen LogP contribution is -2.57. The second-order valence-corrected chi connectivity index (χ2v) is 10.1. The number of aromatic nitrogens is 5. The van der Waals surface area contributed by atoms with Gasteiger partial charge < -0.3 is 9.80 Å². The summed E-state index contributed by atoms with van der Waals surface area (Å²) in [6.45, 7) is 0.274. The van der Waals surface area contributed by atoms with Gasteiger partial charge in [0.2, 0.25) is 0 Å². The van der Waals surface area contributed by atoms with Crippen molar-refractivity contribution < 1.29 is 31.5 Å². The van der Waals surface area contributed by atoms with Gasteiger partial charge in [0.25, 0.3) is 12.3 Å². The first-order chi connectivity index (χ1) is 18.6. The molecule has 6 rings (SSSR count). The molecule has 1 aliphatic carbocycles. The zero-order valence-electron chi connectivity index (χ0n) is 20.5. The van der Waals surface area contributed by atoms with E-state index in [2.05, 4.69) is 20.1 Å². The molecule has 15 heteroatoms. The van der Waals surface area contributed by atoms with E-state index in [9.17, 15) is 31.5 Å². The summed E-state index contributed by atoms with van der Waals surface area (Å²) in [4.78, 5) is 44.1. The number of pyridine rings is 1. The lowest BCUT2D eigenvalue weighted by molar-refractivity contribution is -0.137. The quantitative estimate of drug-likeness (QED) is 0.341. The van der Waals surface area contributed by atoms with Crippen molar-refractivity contribution in [3.8, 4) is 0 Å². The molecule has 10 nitrogen and oxygen atoms in total. The van der Waals surface area contributed by atoms with Gasteiger partial charge in [-0.3, -0.25) is 4.79 Å². The predicted octanol–water partition coefficient (Wildman–Crippen LogP) is 3.72. The number of rotatable bonds is 6. The van der Waals surface area contributed by atoms with Crippen LogP contribution in [0, 0.1) is 5.92 Å². The molecule has 39 heavy (non-hydrogen) atoms. The number of carbonyl (C=O) groups excluding carboxylic acids is 2. The number of amides is 3. The third-order valence-corrected chi connectivity index (χ3v) is 7.54. The van der Waals surface area contributed by atoms with Gasteiger partial charge in [0, 0.05) is 25.8 Å². The van der Waals surface area contributed by atoms with Crippen molar-refractivity contribution in [2.75, 3.05) is 29.4 Å². The second kappa shape index (κ2) is 9.09. The van der Waals surface area contributed by atoms with Crippen LogP contribution in [0.2, 0.25) is 0 Å². The fraction of sp³-hybridized carbons (Fsp3) is 0.500. The van der Waals surface area contributed by atoms with Crippen LogP contribution in [0.4, 0.5) is 38.4 Å². The van der Waals surface area contributed by atoms with Crippen molar-refractivity contribution in [1.82, 2.24) is 29.6 Å². The third-order valence-electron chi connectivity index (χ3n) is 7.54. The average molecular weight is 550 g/mol. The summed E-state index contributed by atoms with van der Waals surface area (Å²) in [7, 11) is 0. The molecule has 2 aliphatic heterocycles. The van der Waals surface area contributed by atoms with E-state index in [1.54, 1.807) is 0 Å². The molecule has 3 aromatic rings. The number of hydrogen-bond acceptors (Lipinski definition) is 7. The van der Waals surface area contributed by atoms with Crippen LogP contribution in [0.3, 0.4) is 0 Å². The van der Waals surface area contributed by atoms with Gasteiger partial charge in [-0.25, -0.2) is 38.1 Å². The Morgan fingerprint density at radius 1 is 1.05 bits per heavy atom. The fourth-order valence-corrected chi connectivity index (χ4v) is 5.29. The smallest absolute Gasteiger partial charge is 0.355 e. The van der Waals surface area contributed by atoms with Crippen LogP contribution in [-0.2, 0) is 17.5 Å². The summed E-state index contributed by atoms with van der Waals surface area (Å²) >= 11 is 0. The molecule has 0 bridgehead atoms. The zero-order valence-corrected chi connectivity index (χ0v) is 20.5. The lowest BCUT2D eigenvalue weighted by Gasteiger charge is -2.42. The van der Waals surface area contributed by atoms with Crippen molar-refractivity contribution in [2.24, 2.45) is 5.92 Å². The Hall–Kier alpha value is -3.91. The molecular formula is C24H23F5N8O2. The Labute approximate surface area is 218 Å². The Bertz CT molecular complexity index is 1430. The van der Waals surface area contributed by atoms with Crippen LogP contribution < -0.4 is 9.80 Å². The SMILES string of the molecule is O=C1N(c2cc(C(F)(F)F)ccn2)C(=O)C2(CCN(c3cnc4cnn(CC(F)F)c4n3)CC2)N1CC1CC1. The summed E-state index contributed by atoms with van der Waals surface area (Å²) in [5.74, 6) is -0.315. The van der Waals surface area contributed by atoms with E-state index >= 15 is 0 Å². The molecule has 0 radical (unpaired) electrons. The Morgan fingerprint density at radius 3 is 2.46 bits per heavy atom. The Morgan fingerprint density at radius 2 is 1.79 bits per heavy atom. The maximum absolute atomic E-state index is 13.8. The first-order valence-electron chi connectivity index (χ1n) is 12.5. The minimum atomic E-state index is -4.66. The molecule has 3 fully saturated rings. The molecule has 5 heterocycles. The minimum absolute atomic E-state index is 0.204. The van der Waals surface area contributed by atoms with E-state index in [-0.39, 0.29) is 43.3 Å². The summed E-state index contributed by atoms with van der Waals surface area (Å²) in [6, 6.07) is 0.826. The molecule has 206 valence electrons. The Kier molecular flexibility index (Phi) is 5.91. The number of anilines is 2. The summed E-state index contributed by atoms with van der Waals surface area (Å²) in [6.07, 6.45) is -1.27. The largest absolute Gasteiger partial charge is 0.416 e. The maximum atomic E-state index is 13.8. The number of nitrogens with zero attached hydrogens (tertiary/aromatic N) is 8. The molecule has 3 aromatic heterocycles. The van der Waals surface area contributed by atoms with Gasteiger partial charge in [-0.1, -0.05) is 0 Å². The van der Waals surface area contributed by atoms with Gasteiger partial charge in [0.05, 0.1) is 18.0 Å². The summed E-state index contributed by atoms with van der Waals surface area (Å²) in [5.41, 5.74) is -1.67. The van der Waals surface area contributed by atoms with Crippen LogP contribution in [0.5, 0.6) is 0 Å². The van der Waals surface area contributed by atoms with Crippen LogP contribution in [0.15, 0.2) is 30.7 Å². The number of hydrogen-bond donors (Lipinski definition) is 0. The molecular weight excluding hydrogens is 527 g/mol. The summed E-state index contributed by atoms with van der Waals surface area (Å²) < 4.78 is 67.0. The second-order valence-electron chi connectivity index (χ2n) is 10.1. The van der Waals surface area contributed by atoms with Crippen molar-refractivity contribution in [2.45, 2.75) is 50.4 Å². The van der Waals surface area contributed by atoms with Crippen molar-refractivity contribution >= 4 is 34.7 Å². The molecule has 3 amide bonds. The first kappa shape index (κ1) is 25.4. The number of urea groups is 1. The zero-order chi connectivity index (χ0) is 27.5. The highest BCUT2D eigenvalue weighted by molar-refractivity contribution is 6.23. The molecule has 0 atom stereocenters. The number of imide groups is 1. The van der Waals surface area contributed by atoms with E-state index in [1.165, 1.54) is 17.3 Å². The lowest BCUT2D eigenvalue weighted by atomic mass is 9.85. The molecule has 1 spiro atoms. The monoisotopic (exact) mass is 550 g/mol. The molecule has 0 N–H and O–H groups in total. The van der Waals surface area contributed by atoms with Gasteiger partial charge in [-0.05, 0) is 43.7 Å². The van der Waals surface area contributed by atoms with E-state index in [4.69, 9.17) is 0 Å². The molecule has 0 aromatic carbocycles. The topological polar surface area (TPSA) is 100 Å². The highest BCUT2D eigenvalue weighted by Gasteiger charge is 2.59. The number of fused-ring (bicyclic) bond motifs is 1. The van der Waals surface area contributed by atoms with Crippen LogP contribution in [0.1, 0.15) is 31.2 Å². The number of halogens is 5. The minimum Gasteiger partial charge on any atom is -0.355 e. The van der Waals surface area contributed by atoms with Crippen LogP contribution in [0.25, 0.3) is 11.2 Å². The van der Waals surface area contributed by atoms with E-state index < -0.39 is 42.2 Å². The highest BCUT2D eigenvalue weighted by Crippen LogP contribution is 2.43. The van der Waals surface area contributed by atoms with Crippen LogP contribution >= 0.6 is 0 Å². The van der Waals surface area contributed by atoms with E-state index in [0.29, 0.717) is 23.9 Å². The Balaban J connectivity index is 1.28. The van der Waals surface area contributed by atoms with Gasteiger partial charge in [0.1, 0.15) is 29.2 Å². The molecule has 3 aliphatic rings. The van der Waals surface area contributed by atoms with Crippen molar-refractivity contribution in [3.63, 3.8) is 0 Å². The fourth-order valence-electron chi connectivity index (χ4n) is 5.29. The normalized spacial score (nSPS) is 19.8. The van der Waals surface area contributed by atoms with Gasteiger partial charge in [-0.2, -0.15) is 18.3 Å². The number of piperidine rings is 1. The van der Waals surface area contributed by atoms with Gasteiger partial charge in [0.15, 0.2) is 5.65 Å². The van der Waals surface area contributed by atoms with Crippen LogP contribution in [-0.4, -0.2) is 73.2 Å². The van der Waals surface area contributed by atoms with Crippen molar-refractivity contribution in [1.29, 1.82) is 0 Å². The molecule has 2 saturated heterocycles. The number of alkyl halides is 5. The summed E-state index contributed by atoms with van der Waals surface area (Å²) in [5, 5.41) is 3.92. The van der Waals surface area contributed by atoms with Crippen molar-refractivity contribution in [3.05, 3.63) is 36.3 Å². The average Bonchev–Trinajstić information content (AvgIpc) is 3.61. The predicted molar refractivity (Wildman–Crippen MR) is 127 cm³/mol. The van der Waals surface area contributed by atoms with Gasteiger partial charge >= 0.3 is 12.2 Å². The van der Waals surface area contributed by atoms with Gasteiger partial charge in [-0.15, -0.1) is 0 Å².